The molecule has 130 valence electrons. The number of rotatable bonds is 4. The van der Waals surface area contributed by atoms with Crippen molar-refractivity contribution >= 4 is 36.2 Å². The Hall–Kier alpha value is -1.14. The molecule has 4 nitrogen and oxygen atoms in total. The van der Waals surface area contributed by atoms with E-state index in [0.717, 1.165) is 30.7 Å². The molecule has 2 amide bonds. The van der Waals surface area contributed by atoms with E-state index in [1.165, 1.54) is 6.42 Å². The molecule has 0 aliphatic carbocycles. The van der Waals surface area contributed by atoms with Crippen molar-refractivity contribution in [2.24, 2.45) is 0 Å². The third-order valence-electron chi connectivity index (χ3n) is 4.64. The van der Waals surface area contributed by atoms with Crippen LogP contribution in [0.2, 0.25) is 0 Å². The van der Waals surface area contributed by atoms with Crippen LogP contribution in [0.25, 0.3) is 0 Å². The van der Waals surface area contributed by atoms with Gasteiger partial charge in [0.1, 0.15) is 6.04 Å². The Bertz CT molecular complexity index is 582. The summed E-state index contributed by atoms with van der Waals surface area (Å²) in [6.45, 7) is 0.817. The van der Waals surface area contributed by atoms with Gasteiger partial charge in [-0.05, 0) is 43.4 Å². The summed E-state index contributed by atoms with van der Waals surface area (Å²) in [5, 5.41) is 2.80. The first-order valence-corrected chi connectivity index (χ1v) is 10.2. The fraction of sp³-hybridized carbons (Fsp3) is 0.556. The SMILES string of the molecule is O=C(NC1CCSC2CCCCN2C1=O)C(S)Cc1ccccc1. The summed E-state index contributed by atoms with van der Waals surface area (Å²) in [6, 6.07) is 9.43. The molecule has 2 heterocycles. The number of nitrogens with one attached hydrogen (secondary N) is 1. The number of benzene rings is 1. The molecular formula is C18H24N2O2S2. The van der Waals surface area contributed by atoms with Gasteiger partial charge in [-0.1, -0.05) is 30.3 Å². The van der Waals surface area contributed by atoms with Gasteiger partial charge in [0.15, 0.2) is 0 Å². The molecule has 2 aliphatic rings. The molecule has 2 fully saturated rings. The minimum absolute atomic E-state index is 0.0818. The minimum atomic E-state index is -0.437. The quantitative estimate of drug-likeness (QED) is 0.807. The molecule has 24 heavy (non-hydrogen) atoms. The molecule has 2 saturated heterocycles. The van der Waals surface area contributed by atoms with E-state index in [2.05, 4.69) is 17.9 Å². The summed E-state index contributed by atoms with van der Waals surface area (Å²) in [7, 11) is 0. The fourth-order valence-electron chi connectivity index (χ4n) is 3.30. The number of fused-ring (bicyclic) bond motifs is 1. The fourth-order valence-corrected chi connectivity index (χ4v) is 4.96. The Morgan fingerprint density at radius 3 is 2.88 bits per heavy atom. The number of carbonyl (C=O) groups is 2. The van der Waals surface area contributed by atoms with Gasteiger partial charge >= 0.3 is 0 Å². The summed E-state index contributed by atoms with van der Waals surface area (Å²) < 4.78 is 0. The van der Waals surface area contributed by atoms with E-state index >= 15 is 0 Å². The molecule has 0 aromatic heterocycles. The number of hydrogen-bond acceptors (Lipinski definition) is 4. The zero-order chi connectivity index (χ0) is 16.9. The largest absolute Gasteiger partial charge is 0.343 e. The summed E-state index contributed by atoms with van der Waals surface area (Å²) in [6.07, 6.45) is 4.59. The molecular weight excluding hydrogens is 340 g/mol. The second-order valence-corrected chi connectivity index (χ2v) is 8.32. The van der Waals surface area contributed by atoms with Crippen LogP contribution in [0.5, 0.6) is 0 Å². The molecule has 6 heteroatoms. The Kier molecular flexibility index (Phi) is 6.11. The molecule has 0 radical (unpaired) electrons. The molecule has 0 spiro atoms. The minimum Gasteiger partial charge on any atom is -0.343 e. The molecule has 1 aromatic rings. The highest BCUT2D eigenvalue weighted by molar-refractivity contribution is 7.99. The molecule has 3 atom stereocenters. The number of hydrogen-bond donors (Lipinski definition) is 2. The summed E-state index contributed by atoms with van der Waals surface area (Å²) in [5.74, 6) is 0.840. The first kappa shape index (κ1) is 17.7. The predicted molar refractivity (Wildman–Crippen MR) is 101 cm³/mol. The van der Waals surface area contributed by atoms with E-state index in [4.69, 9.17) is 0 Å². The number of piperidine rings is 1. The van der Waals surface area contributed by atoms with E-state index < -0.39 is 11.3 Å². The molecule has 1 N–H and O–H groups in total. The number of thioether (sulfide) groups is 1. The smallest absolute Gasteiger partial charge is 0.246 e. The van der Waals surface area contributed by atoms with Crippen molar-refractivity contribution in [3.05, 3.63) is 35.9 Å². The van der Waals surface area contributed by atoms with Crippen molar-refractivity contribution in [3.8, 4) is 0 Å². The van der Waals surface area contributed by atoms with Crippen LogP contribution in [0.3, 0.4) is 0 Å². The molecule has 1 aromatic carbocycles. The van der Waals surface area contributed by atoms with E-state index in [1.54, 1.807) is 0 Å². The van der Waals surface area contributed by atoms with Crippen LogP contribution < -0.4 is 5.32 Å². The van der Waals surface area contributed by atoms with Gasteiger partial charge < -0.3 is 10.2 Å². The van der Waals surface area contributed by atoms with Gasteiger partial charge in [0.05, 0.1) is 10.6 Å². The van der Waals surface area contributed by atoms with Gasteiger partial charge in [-0.3, -0.25) is 9.59 Å². The van der Waals surface area contributed by atoms with Crippen molar-refractivity contribution < 1.29 is 9.59 Å². The number of carbonyl (C=O) groups excluding carboxylic acids is 2. The number of nitrogens with zero attached hydrogens (tertiary/aromatic N) is 1. The van der Waals surface area contributed by atoms with Gasteiger partial charge in [0.25, 0.3) is 0 Å². The highest BCUT2D eigenvalue weighted by Gasteiger charge is 2.35. The van der Waals surface area contributed by atoms with Gasteiger partial charge in [0.2, 0.25) is 11.8 Å². The lowest BCUT2D eigenvalue weighted by Crippen LogP contribution is -2.52. The maximum atomic E-state index is 12.8. The first-order valence-electron chi connectivity index (χ1n) is 8.59. The summed E-state index contributed by atoms with van der Waals surface area (Å²) in [4.78, 5) is 27.2. The second-order valence-electron chi connectivity index (χ2n) is 6.41. The Balaban J connectivity index is 1.59. The number of thiol groups is 1. The van der Waals surface area contributed by atoms with Gasteiger partial charge in [-0.15, -0.1) is 11.8 Å². The van der Waals surface area contributed by atoms with Gasteiger partial charge in [-0.25, -0.2) is 0 Å². The molecule has 2 aliphatic heterocycles. The zero-order valence-electron chi connectivity index (χ0n) is 13.7. The topological polar surface area (TPSA) is 49.4 Å². The van der Waals surface area contributed by atoms with Crippen LogP contribution in [-0.2, 0) is 16.0 Å². The van der Waals surface area contributed by atoms with Gasteiger partial charge in [-0.2, -0.15) is 12.6 Å². The van der Waals surface area contributed by atoms with Crippen LogP contribution in [0.1, 0.15) is 31.2 Å². The Labute approximate surface area is 153 Å². The van der Waals surface area contributed by atoms with E-state index in [-0.39, 0.29) is 11.8 Å². The van der Waals surface area contributed by atoms with E-state index in [1.807, 2.05) is 47.0 Å². The van der Waals surface area contributed by atoms with Crippen LogP contribution in [0, 0.1) is 0 Å². The number of amides is 2. The maximum absolute atomic E-state index is 12.8. The predicted octanol–water partition coefficient (Wildman–Crippen LogP) is 2.49. The zero-order valence-corrected chi connectivity index (χ0v) is 15.4. The van der Waals surface area contributed by atoms with Crippen molar-refractivity contribution in [2.75, 3.05) is 12.3 Å². The lowest BCUT2D eigenvalue weighted by molar-refractivity contribution is -0.137. The molecule has 0 saturated carbocycles. The average molecular weight is 365 g/mol. The van der Waals surface area contributed by atoms with Crippen LogP contribution in [0.4, 0.5) is 0 Å². The lowest BCUT2D eigenvalue weighted by Gasteiger charge is -2.35. The summed E-state index contributed by atoms with van der Waals surface area (Å²) >= 11 is 6.29. The summed E-state index contributed by atoms with van der Waals surface area (Å²) in [5.41, 5.74) is 1.08. The standard InChI is InChI=1S/C18H24N2O2S2/c21-17(15(23)12-13-6-2-1-3-7-13)19-14-9-11-24-16-8-4-5-10-20(16)18(14)22/h1-3,6-7,14-16,23H,4-5,8-12H2,(H,19,21). The lowest BCUT2D eigenvalue weighted by atomic mass is 10.1. The highest BCUT2D eigenvalue weighted by atomic mass is 32.2. The maximum Gasteiger partial charge on any atom is 0.246 e. The van der Waals surface area contributed by atoms with Crippen LogP contribution >= 0.6 is 24.4 Å². The van der Waals surface area contributed by atoms with Crippen molar-refractivity contribution in [3.63, 3.8) is 0 Å². The van der Waals surface area contributed by atoms with Crippen molar-refractivity contribution in [1.29, 1.82) is 0 Å². The van der Waals surface area contributed by atoms with Crippen LogP contribution in [-0.4, -0.2) is 45.7 Å². The van der Waals surface area contributed by atoms with E-state index in [0.29, 0.717) is 18.2 Å². The Morgan fingerprint density at radius 1 is 1.29 bits per heavy atom. The van der Waals surface area contributed by atoms with Crippen LogP contribution in [0.15, 0.2) is 30.3 Å². The van der Waals surface area contributed by atoms with Gasteiger partial charge in [0, 0.05) is 6.54 Å². The highest BCUT2D eigenvalue weighted by Crippen LogP contribution is 2.30. The molecule has 3 unspecified atom stereocenters. The van der Waals surface area contributed by atoms with Crippen molar-refractivity contribution in [2.45, 2.75) is 48.8 Å². The molecule has 3 rings (SSSR count). The monoisotopic (exact) mass is 364 g/mol. The second kappa shape index (κ2) is 8.30. The third kappa shape index (κ3) is 4.28. The molecule has 0 bridgehead atoms. The average Bonchev–Trinajstić information content (AvgIpc) is 2.76. The third-order valence-corrected chi connectivity index (χ3v) is 6.40. The van der Waals surface area contributed by atoms with E-state index in [9.17, 15) is 9.59 Å². The first-order chi connectivity index (χ1) is 11.6. The Morgan fingerprint density at radius 2 is 2.08 bits per heavy atom. The van der Waals surface area contributed by atoms with Crippen molar-refractivity contribution in [1.82, 2.24) is 10.2 Å². The normalized spacial score (nSPS) is 25.5.